The van der Waals surface area contributed by atoms with Gasteiger partial charge in [-0.2, -0.15) is 5.10 Å². The van der Waals surface area contributed by atoms with Gasteiger partial charge in [-0.05, 0) is 12.5 Å². The van der Waals surface area contributed by atoms with Crippen molar-refractivity contribution in [2.24, 2.45) is 10.1 Å². The van der Waals surface area contributed by atoms with Gasteiger partial charge < -0.3 is 0 Å². The fraction of sp³-hybridized carbons (Fsp3) is 0.333. The van der Waals surface area contributed by atoms with Gasteiger partial charge >= 0.3 is 0 Å². The highest BCUT2D eigenvalue weighted by atomic mass is 15.5. The first-order chi connectivity index (χ1) is 4.47. The zero-order valence-corrected chi connectivity index (χ0v) is 4.99. The van der Waals surface area contributed by atoms with Crippen LogP contribution < -0.4 is 0 Å². The van der Waals surface area contributed by atoms with Crippen LogP contribution in [0.25, 0.3) is 0 Å². The monoisotopic (exact) mass is 121 g/mol. The van der Waals surface area contributed by atoms with Crippen molar-refractivity contribution in [1.29, 1.82) is 0 Å². The van der Waals surface area contributed by atoms with E-state index in [0.29, 0.717) is 0 Å². The number of fused-ring (bicyclic) bond motifs is 1. The molecule has 3 nitrogen and oxygen atoms in total. The Labute approximate surface area is 53.4 Å². The van der Waals surface area contributed by atoms with E-state index in [-0.39, 0.29) is 0 Å². The summed E-state index contributed by atoms with van der Waals surface area (Å²) >= 11 is 0. The minimum absolute atomic E-state index is 0.989. The molecule has 46 valence electrons. The summed E-state index contributed by atoms with van der Waals surface area (Å²) in [6, 6.07) is 0. The first-order valence-electron chi connectivity index (χ1n) is 3.01. The van der Waals surface area contributed by atoms with Crippen LogP contribution in [0.3, 0.4) is 0 Å². The SMILES string of the molecule is C1=NC2=CCCN2N=C1. The van der Waals surface area contributed by atoms with Gasteiger partial charge in [0, 0.05) is 12.8 Å². The zero-order chi connectivity index (χ0) is 6.10. The lowest BCUT2D eigenvalue weighted by Crippen LogP contribution is -2.14. The van der Waals surface area contributed by atoms with E-state index in [2.05, 4.69) is 16.2 Å². The molecule has 0 unspecified atom stereocenters. The van der Waals surface area contributed by atoms with Crippen molar-refractivity contribution in [3.05, 3.63) is 11.9 Å². The van der Waals surface area contributed by atoms with Gasteiger partial charge in [-0.15, -0.1) is 0 Å². The molecule has 0 amide bonds. The van der Waals surface area contributed by atoms with Gasteiger partial charge in [-0.1, -0.05) is 0 Å². The molecule has 2 heterocycles. The van der Waals surface area contributed by atoms with E-state index in [0.717, 1.165) is 18.8 Å². The van der Waals surface area contributed by atoms with Gasteiger partial charge in [0.1, 0.15) is 5.82 Å². The minimum atomic E-state index is 0.989. The maximum absolute atomic E-state index is 4.10. The summed E-state index contributed by atoms with van der Waals surface area (Å²) in [6.45, 7) is 0.989. The topological polar surface area (TPSA) is 28.0 Å². The van der Waals surface area contributed by atoms with Crippen LogP contribution in [0.1, 0.15) is 6.42 Å². The lowest BCUT2D eigenvalue weighted by molar-refractivity contribution is 0.397. The summed E-state index contributed by atoms with van der Waals surface area (Å²) in [7, 11) is 0. The lowest BCUT2D eigenvalue weighted by atomic mass is 10.5. The van der Waals surface area contributed by atoms with Crippen molar-refractivity contribution in [2.45, 2.75) is 6.42 Å². The number of hydrogen-bond acceptors (Lipinski definition) is 3. The van der Waals surface area contributed by atoms with Crippen molar-refractivity contribution < 1.29 is 0 Å². The van der Waals surface area contributed by atoms with Crippen molar-refractivity contribution in [3.8, 4) is 0 Å². The van der Waals surface area contributed by atoms with E-state index < -0.39 is 0 Å². The molecule has 0 fully saturated rings. The molecule has 9 heavy (non-hydrogen) atoms. The third kappa shape index (κ3) is 0.650. The second-order valence-corrected chi connectivity index (χ2v) is 2.02. The molecule has 2 aliphatic rings. The summed E-state index contributed by atoms with van der Waals surface area (Å²) in [5, 5.41) is 5.98. The van der Waals surface area contributed by atoms with Crippen LogP contribution >= 0.6 is 0 Å². The molecule has 0 radical (unpaired) electrons. The fourth-order valence-electron chi connectivity index (χ4n) is 0.992. The maximum Gasteiger partial charge on any atom is 0.144 e. The summed E-state index contributed by atoms with van der Waals surface area (Å²) in [6.07, 6.45) is 6.59. The molecular formula is C6H7N3. The molecule has 0 N–H and O–H groups in total. The predicted octanol–water partition coefficient (Wildman–Crippen LogP) is 0.604. The first kappa shape index (κ1) is 4.73. The molecule has 0 saturated carbocycles. The van der Waals surface area contributed by atoms with E-state index in [1.165, 1.54) is 0 Å². The predicted molar refractivity (Wildman–Crippen MR) is 36.4 cm³/mol. The minimum Gasteiger partial charge on any atom is -0.248 e. The van der Waals surface area contributed by atoms with Crippen molar-refractivity contribution in [2.75, 3.05) is 6.54 Å². The Hall–Kier alpha value is -1.12. The standard InChI is InChI=1S/C6H7N3/c1-2-6-7-3-4-8-9(6)5-1/h2-4H,1,5H2. The Kier molecular flexibility index (Phi) is 0.886. The fourth-order valence-corrected chi connectivity index (χ4v) is 0.992. The van der Waals surface area contributed by atoms with Crippen LogP contribution in [0, 0.1) is 0 Å². The van der Waals surface area contributed by atoms with Crippen molar-refractivity contribution in [1.82, 2.24) is 5.01 Å². The highest BCUT2D eigenvalue weighted by Gasteiger charge is 2.13. The average molecular weight is 121 g/mol. The van der Waals surface area contributed by atoms with E-state index >= 15 is 0 Å². The molecule has 0 spiro atoms. The summed E-state index contributed by atoms with van der Waals surface area (Å²) in [4.78, 5) is 4.10. The molecule has 0 aromatic carbocycles. The Morgan fingerprint density at radius 3 is 3.33 bits per heavy atom. The molecular weight excluding hydrogens is 114 g/mol. The van der Waals surface area contributed by atoms with Crippen LogP contribution in [0.4, 0.5) is 0 Å². The summed E-state index contributed by atoms with van der Waals surface area (Å²) in [5.74, 6) is 0.998. The Balaban J connectivity index is 2.33. The van der Waals surface area contributed by atoms with E-state index in [9.17, 15) is 0 Å². The normalized spacial score (nSPS) is 22.2. The average Bonchev–Trinajstić information content (AvgIpc) is 2.33. The number of hydrazone groups is 1. The second kappa shape index (κ2) is 1.69. The number of aliphatic imine (C=N–C) groups is 1. The number of rotatable bonds is 0. The van der Waals surface area contributed by atoms with Crippen LogP contribution in [0.5, 0.6) is 0 Å². The van der Waals surface area contributed by atoms with Crippen LogP contribution in [0.2, 0.25) is 0 Å². The Bertz CT molecular complexity index is 200. The van der Waals surface area contributed by atoms with Gasteiger partial charge in [0.05, 0.1) is 6.21 Å². The highest BCUT2D eigenvalue weighted by molar-refractivity contribution is 6.16. The smallest absolute Gasteiger partial charge is 0.144 e. The molecule has 0 aromatic heterocycles. The third-order valence-electron chi connectivity index (χ3n) is 1.41. The molecule has 0 aromatic rings. The van der Waals surface area contributed by atoms with Gasteiger partial charge in [0.2, 0.25) is 0 Å². The number of nitrogens with zero attached hydrogens (tertiary/aromatic N) is 3. The zero-order valence-electron chi connectivity index (χ0n) is 4.99. The van der Waals surface area contributed by atoms with Gasteiger partial charge in [-0.25, -0.2) is 10.0 Å². The third-order valence-corrected chi connectivity index (χ3v) is 1.41. The molecule has 0 bridgehead atoms. The second-order valence-electron chi connectivity index (χ2n) is 2.02. The van der Waals surface area contributed by atoms with Gasteiger partial charge in [0.25, 0.3) is 0 Å². The Morgan fingerprint density at radius 2 is 2.44 bits per heavy atom. The largest absolute Gasteiger partial charge is 0.248 e. The first-order valence-corrected chi connectivity index (χ1v) is 3.01. The Morgan fingerprint density at radius 1 is 1.44 bits per heavy atom. The molecule has 0 atom stereocenters. The summed E-state index contributed by atoms with van der Waals surface area (Å²) in [5.41, 5.74) is 0. The van der Waals surface area contributed by atoms with Crippen LogP contribution in [-0.2, 0) is 0 Å². The maximum atomic E-state index is 4.10. The number of hydrogen-bond donors (Lipinski definition) is 0. The molecule has 0 aliphatic carbocycles. The quantitative estimate of drug-likeness (QED) is 0.461. The van der Waals surface area contributed by atoms with Crippen LogP contribution in [0.15, 0.2) is 22.0 Å². The molecule has 3 heteroatoms. The molecule has 2 rings (SSSR count). The highest BCUT2D eigenvalue weighted by Crippen LogP contribution is 2.16. The van der Waals surface area contributed by atoms with E-state index in [4.69, 9.17) is 0 Å². The van der Waals surface area contributed by atoms with Crippen molar-refractivity contribution in [3.63, 3.8) is 0 Å². The summed E-state index contributed by atoms with van der Waals surface area (Å²) < 4.78 is 0. The van der Waals surface area contributed by atoms with Gasteiger partial charge in [0.15, 0.2) is 0 Å². The van der Waals surface area contributed by atoms with Crippen molar-refractivity contribution >= 4 is 12.4 Å². The lowest BCUT2D eigenvalue weighted by Gasteiger charge is -2.13. The van der Waals surface area contributed by atoms with E-state index in [1.54, 1.807) is 12.4 Å². The van der Waals surface area contributed by atoms with E-state index in [1.807, 2.05) is 5.01 Å². The van der Waals surface area contributed by atoms with Gasteiger partial charge in [-0.3, -0.25) is 0 Å². The molecule has 0 saturated heterocycles. The van der Waals surface area contributed by atoms with Crippen LogP contribution in [-0.4, -0.2) is 24.0 Å². The molecule has 2 aliphatic heterocycles.